The summed E-state index contributed by atoms with van der Waals surface area (Å²) >= 11 is 0. The second kappa shape index (κ2) is 8.26. The van der Waals surface area contributed by atoms with Gasteiger partial charge in [-0.2, -0.15) is 0 Å². The molecule has 1 aromatic heterocycles. The van der Waals surface area contributed by atoms with Crippen LogP contribution >= 0.6 is 0 Å². The molecule has 5 rings (SSSR count). The molecule has 1 N–H and O–H groups in total. The van der Waals surface area contributed by atoms with Crippen molar-refractivity contribution in [3.63, 3.8) is 0 Å². The summed E-state index contributed by atoms with van der Waals surface area (Å²) in [5, 5.41) is 3.11. The van der Waals surface area contributed by atoms with Gasteiger partial charge in [-0.25, -0.2) is 4.98 Å². The summed E-state index contributed by atoms with van der Waals surface area (Å²) in [6, 6.07) is 24.7. The third-order valence-corrected chi connectivity index (χ3v) is 6.00. The van der Waals surface area contributed by atoms with E-state index in [0.29, 0.717) is 6.42 Å². The van der Waals surface area contributed by atoms with Gasteiger partial charge in [0.1, 0.15) is 5.82 Å². The van der Waals surface area contributed by atoms with Gasteiger partial charge >= 0.3 is 0 Å². The van der Waals surface area contributed by atoms with E-state index in [1.165, 1.54) is 11.1 Å². The molecule has 0 atom stereocenters. The minimum Gasteiger partial charge on any atom is -0.362 e. The van der Waals surface area contributed by atoms with Crippen LogP contribution in [0.2, 0.25) is 0 Å². The van der Waals surface area contributed by atoms with Crippen molar-refractivity contribution in [1.29, 1.82) is 0 Å². The molecule has 0 bridgehead atoms. The van der Waals surface area contributed by atoms with Crippen LogP contribution in [0.1, 0.15) is 23.4 Å². The van der Waals surface area contributed by atoms with Crippen molar-refractivity contribution in [2.75, 3.05) is 16.8 Å². The van der Waals surface area contributed by atoms with Crippen LogP contribution in [0.4, 0.5) is 11.4 Å². The maximum Gasteiger partial charge on any atom is 0.224 e. The predicted molar refractivity (Wildman–Crippen MR) is 125 cm³/mol. The second-order valence-electron chi connectivity index (χ2n) is 8.12. The van der Waals surface area contributed by atoms with Crippen LogP contribution in [-0.2, 0) is 24.3 Å². The Kier molecular flexibility index (Phi) is 5.16. The molecule has 2 heterocycles. The molecule has 0 unspecified atom stereocenters. The zero-order valence-corrected chi connectivity index (χ0v) is 17.7. The van der Waals surface area contributed by atoms with Crippen LogP contribution in [-0.4, -0.2) is 22.0 Å². The summed E-state index contributed by atoms with van der Waals surface area (Å²) in [6.07, 6.45) is 1.22. The van der Waals surface area contributed by atoms with Gasteiger partial charge in [0.15, 0.2) is 0 Å². The first-order chi connectivity index (χ1) is 15.2. The first-order valence-electron chi connectivity index (χ1n) is 10.8. The molecule has 0 saturated heterocycles. The molecule has 0 fully saturated rings. The van der Waals surface area contributed by atoms with E-state index in [-0.39, 0.29) is 5.91 Å². The van der Waals surface area contributed by atoms with E-state index >= 15 is 0 Å². The highest BCUT2D eigenvalue weighted by Gasteiger charge is 2.20. The molecule has 0 saturated carbocycles. The van der Waals surface area contributed by atoms with Crippen molar-refractivity contribution in [2.45, 2.75) is 32.9 Å². The highest BCUT2D eigenvalue weighted by Crippen LogP contribution is 2.28. The van der Waals surface area contributed by atoms with Crippen molar-refractivity contribution in [2.24, 2.45) is 0 Å². The molecule has 3 aromatic carbocycles. The van der Waals surface area contributed by atoms with Crippen LogP contribution in [0.15, 0.2) is 72.8 Å². The number of aryl methyl sites for hydroxylation is 2. The van der Waals surface area contributed by atoms with Crippen LogP contribution in [0, 0.1) is 6.92 Å². The predicted octanol–water partition coefficient (Wildman–Crippen LogP) is 4.94. The zero-order valence-electron chi connectivity index (χ0n) is 17.7. The largest absolute Gasteiger partial charge is 0.362 e. The first kappa shape index (κ1) is 19.4. The Bertz CT molecular complexity index is 1230. The number of carbonyl (C=O) groups excluding carboxylic acids is 1. The standard InChI is InChI=1S/C26H26N4O/c1-19-11-13-21(17-23(19)28-26(31)14-12-20-7-3-2-4-8-20)29-15-16-30-24-10-6-5-9-22(24)27-25(30)18-29/h2-11,13,17H,12,14-16,18H2,1H3,(H,28,31). The normalized spacial score (nSPS) is 13.3. The maximum atomic E-state index is 12.6. The molecule has 156 valence electrons. The van der Waals surface area contributed by atoms with E-state index in [9.17, 15) is 4.79 Å². The lowest BCUT2D eigenvalue weighted by molar-refractivity contribution is -0.116. The fourth-order valence-corrected chi connectivity index (χ4v) is 4.24. The number of fused-ring (bicyclic) bond motifs is 3. The van der Waals surface area contributed by atoms with Crippen molar-refractivity contribution in [3.05, 3.63) is 89.7 Å². The van der Waals surface area contributed by atoms with E-state index in [1.807, 2.05) is 31.2 Å². The maximum absolute atomic E-state index is 12.6. The Hall–Kier alpha value is -3.60. The lowest BCUT2D eigenvalue weighted by Gasteiger charge is -2.30. The van der Waals surface area contributed by atoms with Crippen LogP contribution in [0.5, 0.6) is 0 Å². The summed E-state index contributed by atoms with van der Waals surface area (Å²) in [7, 11) is 0. The number of carbonyl (C=O) groups is 1. The fourth-order valence-electron chi connectivity index (χ4n) is 4.24. The van der Waals surface area contributed by atoms with Gasteiger partial charge < -0.3 is 14.8 Å². The van der Waals surface area contributed by atoms with Crippen LogP contribution < -0.4 is 10.2 Å². The summed E-state index contributed by atoms with van der Waals surface area (Å²) < 4.78 is 2.31. The number of rotatable bonds is 5. The molecule has 0 radical (unpaired) electrons. The smallest absolute Gasteiger partial charge is 0.224 e. The van der Waals surface area contributed by atoms with E-state index < -0.39 is 0 Å². The lowest BCUT2D eigenvalue weighted by atomic mass is 10.1. The van der Waals surface area contributed by atoms with Crippen molar-refractivity contribution < 1.29 is 4.79 Å². The third-order valence-electron chi connectivity index (χ3n) is 6.00. The van der Waals surface area contributed by atoms with E-state index in [4.69, 9.17) is 4.98 Å². The zero-order chi connectivity index (χ0) is 21.2. The van der Waals surface area contributed by atoms with E-state index in [0.717, 1.165) is 54.3 Å². The Balaban J connectivity index is 1.30. The summed E-state index contributed by atoms with van der Waals surface area (Å²) in [5.74, 6) is 1.13. The molecule has 5 heteroatoms. The third kappa shape index (κ3) is 4.04. The summed E-state index contributed by atoms with van der Waals surface area (Å²) in [4.78, 5) is 19.7. The van der Waals surface area contributed by atoms with Gasteiger partial charge in [0.2, 0.25) is 5.91 Å². The second-order valence-corrected chi connectivity index (χ2v) is 8.12. The average Bonchev–Trinajstić information content (AvgIpc) is 3.18. The lowest BCUT2D eigenvalue weighted by Crippen LogP contribution is -2.33. The topological polar surface area (TPSA) is 50.2 Å². The van der Waals surface area contributed by atoms with Gasteiger partial charge in [0.25, 0.3) is 0 Å². The molecule has 0 spiro atoms. The molecule has 0 aliphatic carbocycles. The number of hydrogen-bond donors (Lipinski definition) is 1. The van der Waals surface area contributed by atoms with Gasteiger partial charge in [-0.05, 0) is 48.7 Å². The molecule has 1 aliphatic rings. The molecule has 31 heavy (non-hydrogen) atoms. The number of aromatic nitrogens is 2. The minimum atomic E-state index is 0.0459. The quantitative estimate of drug-likeness (QED) is 0.507. The fraction of sp³-hybridized carbons (Fsp3) is 0.231. The van der Waals surface area contributed by atoms with Gasteiger partial charge in [0, 0.05) is 30.9 Å². The molecular weight excluding hydrogens is 384 g/mol. The highest BCUT2D eigenvalue weighted by molar-refractivity contribution is 5.92. The van der Waals surface area contributed by atoms with Gasteiger partial charge in [-0.3, -0.25) is 4.79 Å². The number of nitrogens with zero attached hydrogens (tertiary/aromatic N) is 3. The van der Waals surface area contributed by atoms with Crippen molar-refractivity contribution >= 4 is 28.3 Å². The monoisotopic (exact) mass is 410 g/mol. The number of hydrogen-bond acceptors (Lipinski definition) is 3. The molecule has 1 amide bonds. The highest BCUT2D eigenvalue weighted by atomic mass is 16.1. The Labute approximate surface area is 182 Å². The van der Waals surface area contributed by atoms with E-state index in [1.54, 1.807) is 0 Å². The van der Waals surface area contributed by atoms with Gasteiger partial charge in [-0.1, -0.05) is 48.5 Å². The van der Waals surface area contributed by atoms with Crippen LogP contribution in [0.3, 0.4) is 0 Å². The Morgan fingerprint density at radius 2 is 1.81 bits per heavy atom. The van der Waals surface area contributed by atoms with Crippen LogP contribution in [0.25, 0.3) is 11.0 Å². The number of para-hydroxylation sites is 2. The molecule has 5 nitrogen and oxygen atoms in total. The van der Waals surface area contributed by atoms with Gasteiger partial charge in [0.05, 0.1) is 17.6 Å². The first-order valence-corrected chi connectivity index (χ1v) is 10.8. The number of anilines is 2. The Morgan fingerprint density at radius 1 is 1.00 bits per heavy atom. The molecule has 4 aromatic rings. The average molecular weight is 411 g/mol. The molecule has 1 aliphatic heterocycles. The number of amides is 1. The SMILES string of the molecule is Cc1ccc(N2CCn3c(nc4ccccc43)C2)cc1NC(=O)CCc1ccccc1. The Morgan fingerprint density at radius 3 is 2.68 bits per heavy atom. The van der Waals surface area contributed by atoms with Crippen molar-refractivity contribution in [1.82, 2.24) is 9.55 Å². The number of nitrogens with one attached hydrogen (secondary N) is 1. The van der Waals surface area contributed by atoms with E-state index in [2.05, 4.69) is 63.3 Å². The number of imidazole rings is 1. The number of benzene rings is 3. The summed E-state index contributed by atoms with van der Waals surface area (Å²) in [6.45, 7) is 4.62. The van der Waals surface area contributed by atoms with Crippen molar-refractivity contribution in [3.8, 4) is 0 Å². The molecular formula is C26H26N4O. The summed E-state index contributed by atoms with van der Waals surface area (Å²) in [5.41, 5.74) is 6.50. The minimum absolute atomic E-state index is 0.0459. The van der Waals surface area contributed by atoms with Gasteiger partial charge in [-0.15, -0.1) is 0 Å².